The van der Waals surface area contributed by atoms with E-state index < -0.39 is 0 Å². The molecule has 1 heterocycles. The van der Waals surface area contributed by atoms with Gasteiger partial charge in [-0.1, -0.05) is 0 Å². The van der Waals surface area contributed by atoms with Crippen molar-refractivity contribution >= 4 is 45.5 Å². The molecule has 5 heteroatoms. The molecule has 0 amide bonds. The summed E-state index contributed by atoms with van der Waals surface area (Å²) >= 11 is 7.81. The summed E-state index contributed by atoms with van der Waals surface area (Å²) in [5, 5.41) is 10.7. The Kier molecular flexibility index (Phi) is 2.59. The summed E-state index contributed by atoms with van der Waals surface area (Å²) in [5.41, 5.74) is 2.15. The summed E-state index contributed by atoms with van der Waals surface area (Å²) in [6.45, 7) is 2.00. The van der Waals surface area contributed by atoms with Gasteiger partial charge in [-0.05, 0) is 48.6 Å². The van der Waals surface area contributed by atoms with Gasteiger partial charge in [-0.3, -0.25) is 0 Å². The van der Waals surface area contributed by atoms with Crippen LogP contribution in [0.4, 0.5) is 0 Å². The van der Waals surface area contributed by atoms with E-state index in [0.29, 0.717) is 0 Å². The smallest absolute Gasteiger partial charge is 0.159 e. The molecule has 14 heavy (non-hydrogen) atoms. The van der Waals surface area contributed by atoms with Gasteiger partial charge < -0.3 is 4.98 Å². The number of nitrogens with one attached hydrogen (secondary N) is 1. The Balaban J connectivity index is 2.75. The van der Waals surface area contributed by atoms with Crippen molar-refractivity contribution in [1.82, 2.24) is 4.98 Å². The van der Waals surface area contributed by atoms with E-state index in [9.17, 15) is 0 Å². The number of nitrogens with zero attached hydrogens (tertiary/aromatic N) is 1. The Bertz CT molecular complexity index is 574. The topological polar surface area (TPSA) is 39.6 Å². The second kappa shape index (κ2) is 3.73. The van der Waals surface area contributed by atoms with Gasteiger partial charge in [0.2, 0.25) is 0 Å². The highest BCUT2D eigenvalue weighted by Crippen LogP contribution is 2.30. The predicted molar refractivity (Wildman–Crippen MR) is 63.2 cm³/mol. The molecule has 0 atom stereocenters. The third kappa shape index (κ3) is 1.57. The van der Waals surface area contributed by atoms with Crippen molar-refractivity contribution in [3.63, 3.8) is 0 Å². The maximum atomic E-state index is 8.61. The first-order valence-corrected chi connectivity index (χ1v) is 5.95. The minimum Gasteiger partial charge on any atom is -0.337 e. The molecule has 2 nitrogen and oxygen atoms in total. The van der Waals surface area contributed by atoms with Crippen molar-refractivity contribution < 1.29 is 0 Å². The van der Waals surface area contributed by atoms with Crippen LogP contribution in [0.1, 0.15) is 5.56 Å². The molecule has 1 N–H and O–H groups in total. The number of aromatic amines is 1. The largest absolute Gasteiger partial charge is 0.337 e. The lowest BCUT2D eigenvalue weighted by Gasteiger charge is -2.00. The van der Waals surface area contributed by atoms with E-state index in [0.717, 1.165) is 24.6 Å². The van der Waals surface area contributed by atoms with Gasteiger partial charge in [-0.15, -0.1) is 11.3 Å². The van der Waals surface area contributed by atoms with Crippen LogP contribution in [-0.4, -0.2) is 4.98 Å². The Morgan fingerprint density at radius 3 is 3.07 bits per heavy atom. The molecule has 0 fully saturated rings. The van der Waals surface area contributed by atoms with Gasteiger partial charge in [-0.25, -0.2) is 0 Å². The minimum atomic E-state index is 0.780. The number of hydrogen-bond donors (Lipinski definition) is 1. The second-order valence-corrected chi connectivity index (χ2v) is 5.32. The van der Waals surface area contributed by atoms with E-state index in [1.54, 1.807) is 11.3 Å². The maximum absolute atomic E-state index is 8.61. The normalized spacial score (nSPS) is 10.3. The zero-order valence-corrected chi connectivity index (χ0v) is 9.78. The lowest BCUT2D eigenvalue weighted by molar-refractivity contribution is 1.31. The molecule has 2 rings (SSSR count). The van der Waals surface area contributed by atoms with Crippen molar-refractivity contribution in [2.45, 2.75) is 11.8 Å². The number of benzene rings is 1. The molecule has 1 aromatic heterocycles. The van der Waals surface area contributed by atoms with E-state index in [1.165, 1.54) is 11.8 Å². The highest BCUT2D eigenvalue weighted by Gasteiger charge is 2.05. The second-order valence-electron chi connectivity index (χ2n) is 2.77. The number of thiazole rings is 1. The number of H-pyrrole nitrogens is 1. The van der Waals surface area contributed by atoms with E-state index in [2.05, 4.69) is 10.4 Å². The number of rotatable bonds is 1. The van der Waals surface area contributed by atoms with Gasteiger partial charge in [0.25, 0.3) is 0 Å². The summed E-state index contributed by atoms with van der Waals surface area (Å²) in [4.78, 5) is 4.13. The number of aryl methyl sites for hydroxylation is 1. The van der Waals surface area contributed by atoms with Crippen LogP contribution < -0.4 is 0 Å². The molecule has 0 saturated heterocycles. The zero-order valence-electron chi connectivity index (χ0n) is 7.33. The van der Waals surface area contributed by atoms with Crippen LogP contribution in [0.15, 0.2) is 17.0 Å². The first-order valence-electron chi connectivity index (χ1n) is 3.90. The van der Waals surface area contributed by atoms with Gasteiger partial charge in [0, 0.05) is 4.90 Å². The molecule has 0 aliphatic heterocycles. The van der Waals surface area contributed by atoms with Crippen LogP contribution in [-0.2, 0) is 0 Å². The molecule has 1 aromatic carbocycles. The van der Waals surface area contributed by atoms with Crippen LogP contribution in [0.5, 0.6) is 0 Å². The van der Waals surface area contributed by atoms with E-state index in [-0.39, 0.29) is 0 Å². The summed E-state index contributed by atoms with van der Waals surface area (Å²) in [6.07, 6.45) is 0. The van der Waals surface area contributed by atoms with Gasteiger partial charge in [-0.2, -0.15) is 5.26 Å². The molecule has 0 spiro atoms. The molecule has 70 valence electrons. The van der Waals surface area contributed by atoms with Crippen LogP contribution in [0.3, 0.4) is 0 Å². The highest BCUT2D eigenvalue weighted by atomic mass is 32.2. The highest BCUT2D eigenvalue weighted by molar-refractivity contribution is 8.03. The molecule has 0 radical (unpaired) electrons. The van der Waals surface area contributed by atoms with Crippen LogP contribution >= 0.6 is 35.3 Å². The average molecular weight is 238 g/mol. The molecular weight excluding hydrogens is 232 g/mol. The van der Waals surface area contributed by atoms with E-state index in [1.807, 2.05) is 19.1 Å². The Hall–Kier alpha value is -0.830. The lowest BCUT2D eigenvalue weighted by atomic mass is 10.2. The van der Waals surface area contributed by atoms with Gasteiger partial charge in [0.05, 0.1) is 10.2 Å². The Labute approximate surface area is 94.6 Å². The summed E-state index contributed by atoms with van der Waals surface area (Å²) < 4.78 is 1.93. The molecule has 0 saturated carbocycles. The van der Waals surface area contributed by atoms with Crippen molar-refractivity contribution in [3.05, 3.63) is 21.7 Å². The summed E-state index contributed by atoms with van der Waals surface area (Å²) in [5.74, 6) is 0. The van der Waals surface area contributed by atoms with E-state index in [4.69, 9.17) is 17.5 Å². The van der Waals surface area contributed by atoms with Crippen molar-refractivity contribution in [3.8, 4) is 5.40 Å². The molecule has 0 aliphatic carbocycles. The van der Waals surface area contributed by atoms with Crippen molar-refractivity contribution in [2.24, 2.45) is 0 Å². The number of thioether (sulfide) groups is 1. The molecular formula is C9H6N2S3. The number of fused-ring (bicyclic) bond motifs is 1. The summed E-state index contributed by atoms with van der Waals surface area (Å²) in [6, 6.07) is 3.96. The molecule has 2 aromatic rings. The molecule has 0 unspecified atom stereocenters. The fourth-order valence-corrected chi connectivity index (χ4v) is 2.95. The maximum Gasteiger partial charge on any atom is 0.159 e. The monoisotopic (exact) mass is 238 g/mol. The standard InChI is InChI=1S/C9H6N2S3/c1-5-6(13-4-10)2-3-7-8(5)11-9(12)14-7/h2-3H,1H3,(H,11,12). The SMILES string of the molecule is Cc1c(SC#N)ccc2sc(=S)[nH]c12. The molecule has 0 bridgehead atoms. The zero-order chi connectivity index (χ0) is 10.1. The number of nitriles is 1. The van der Waals surface area contributed by atoms with Crippen molar-refractivity contribution in [2.75, 3.05) is 0 Å². The lowest BCUT2D eigenvalue weighted by Crippen LogP contribution is -1.80. The van der Waals surface area contributed by atoms with Crippen LogP contribution in [0.2, 0.25) is 0 Å². The third-order valence-corrected chi connectivity index (χ3v) is 3.92. The van der Waals surface area contributed by atoms with Gasteiger partial charge in [0.15, 0.2) is 3.95 Å². The van der Waals surface area contributed by atoms with E-state index >= 15 is 0 Å². The fraction of sp³-hybridized carbons (Fsp3) is 0.111. The van der Waals surface area contributed by atoms with Crippen LogP contribution in [0, 0.1) is 21.5 Å². The number of hydrogen-bond acceptors (Lipinski definition) is 4. The minimum absolute atomic E-state index is 0.780. The third-order valence-electron chi connectivity index (χ3n) is 1.96. The summed E-state index contributed by atoms with van der Waals surface area (Å²) in [7, 11) is 0. The van der Waals surface area contributed by atoms with Gasteiger partial charge in [0.1, 0.15) is 5.40 Å². The number of thiocyanates is 1. The fourth-order valence-electron chi connectivity index (χ4n) is 1.30. The van der Waals surface area contributed by atoms with Crippen molar-refractivity contribution in [1.29, 1.82) is 5.26 Å². The predicted octanol–water partition coefficient (Wildman–Crippen LogP) is 3.84. The number of aromatic nitrogens is 1. The Morgan fingerprint density at radius 2 is 2.36 bits per heavy atom. The quantitative estimate of drug-likeness (QED) is 0.466. The Morgan fingerprint density at radius 1 is 1.57 bits per heavy atom. The van der Waals surface area contributed by atoms with Gasteiger partial charge >= 0.3 is 0 Å². The average Bonchev–Trinajstić information content (AvgIpc) is 2.52. The van der Waals surface area contributed by atoms with Crippen LogP contribution in [0.25, 0.3) is 10.2 Å². The molecule has 0 aliphatic rings. The first kappa shape index (κ1) is 9.71. The first-order chi connectivity index (χ1) is 6.72.